The van der Waals surface area contributed by atoms with Gasteiger partial charge in [-0.05, 0) is 0 Å². The van der Waals surface area contributed by atoms with E-state index in [1.165, 1.54) is 0 Å². The summed E-state index contributed by atoms with van der Waals surface area (Å²) in [5.41, 5.74) is 0. The van der Waals surface area contributed by atoms with Crippen molar-refractivity contribution in [1.82, 2.24) is 0 Å². The fourth-order valence-corrected chi connectivity index (χ4v) is 1.25. The van der Waals surface area contributed by atoms with Crippen LogP contribution in [0.15, 0.2) is 0 Å². The summed E-state index contributed by atoms with van der Waals surface area (Å²) in [6.45, 7) is 0. The van der Waals surface area contributed by atoms with E-state index >= 15 is 0 Å². The zero-order valence-corrected chi connectivity index (χ0v) is 5.70. The number of hydrogen-bond donors (Lipinski definition) is 4. The van der Waals surface area contributed by atoms with E-state index in [2.05, 4.69) is 4.31 Å². The van der Waals surface area contributed by atoms with Gasteiger partial charge in [0.2, 0.25) is 0 Å². The number of hydrogen-bond acceptors (Lipinski definition) is 3. The van der Waals surface area contributed by atoms with Gasteiger partial charge in [-0.25, -0.2) is 9.13 Å². The molecule has 13 heavy (non-hydrogen) atoms. The molecule has 0 rings (SSSR count). The predicted molar refractivity (Wildman–Crippen MR) is 53.8 cm³/mol. The third-order valence-electron chi connectivity index (χ3n) is 0.213. The van der Waals surface area contributed by atoms with Gasteiger partial charge in [0.25, 0.3) is 0 Å². The Labute approximate surface area is 123 Å². The Morgan fingerprint density at radius 1 is 0.692 bits per heavy atom. The van der Waals surface area contributed by atoms with E-state index in [0.29, 0.717) is 0 Å². The summed E-state index contributed by atoms with van der Waals surface area (Å²) in [4.78, 5) is 31.0. The molecule has 0 aliphatic carbocycles. The van der Waals surface area contributed by atoms with Crippen molar-refractivity contribution in [3.05, 3.63) is 0 Å². The van der Waals surface area contributed by atoms with Gasteiger partial charge in [-0.15, -0.1) is 0 Å². The molecule has 0 fully saturated rings. The fourth-order valence-electron chi connectivity index (χ4n) is 0.139. The zero-order chi connectivity index (χ0) is 7.71. The van der Waals surface area contributed by atoms with E-state index in [4.69, 9.17) is 19.6 Å². The van der Waals surface area contributed by atoms with Crippen molar-refractivity contribution in [3.8, 4) is 0 Å². The molecule has 0 aromatic carbocycles. The maximum absolute atomic E-state index is 9.63. The van der Waals surface area contributed by atoms with E-state index in [-0.39, 0.29) is 75.4 Å². The molecule has 0 aromatic heterocycles. The SMILES string of the molecule is O=P(O)(O)OP(=O)(O)O.[LiH].[LiH].[LiH].[LiH]. The van der Waals surface area contributed by atoms with Crippen LogP contribution in [0.25, 0.3) is 0 Å². The maximum atomic E-state index is 9.63. The van der Waals surface area contributed by atoms with Crippen LogP contribution in [0.4, 0.5) is 0 Å². The molecule has 0 saturated carbocycles. The molecule has 13 heteroatoms. The van der Waals surface area contributed by atoms with Crippen LogP contribution in [0.3, 0.4) is 0 Å². The molecular weight excluding hydrogens is 202 g/mol. The Balaban J connectivity index is -0.0000000533. The van der Waals surface area contributed by atoms with Gasteiger partial charge in [0.15, 0.2) is 0 Å². The van der Waals surface area contributed by atoms with Crippen molar-refractivity contribution in [1.29, 1.82) is 0 Å². The van der Waals surface area contributed by atoms with Crippen LogP contribution in [0.5, 0.6) is 0 Å². The first-order chi connectivity index (χ1) is 3.71. The fraction of sp³-hybridized carbons (Fsp3) is 0. The molecule has 0 bridgehead atoms. The van der Waals surface area contributed by atoms with Crippen molar-refractivity contribution < 1.29 is 33.0 Å². The van der Waals surface area contributed by atoms with Gasteiger partial charge in [0.1, 0.15) is 0 Å². The summed E-state index contributed by atoms with van der Waals surface area (Å²) < 4.78 is 22.2. The Morgan fingerprint density at radius 2 is 0.846 bits per heavy atom. The van der Waals surface area contributed by atoms with Gasteiger partial charge in [0.05, 0.1) is 0 Å². The van der Waals surface area contributed by atoms with E-state index in [0.717, 1.165) is 0 Å². The molecule has 0 saturated heterocycles. The summed E-state index contributed by atoms with van der Waals surface area (Å²) in [5, 5.41) is 0. The van der Waals surface area contributed by atoms with Crippen LogP contribution in [0.1, 0.15) is 0 Å². The monoisotopic (exact) mass is 210 g/mol. The van der Waals surface area contributed by atoms with Gasteiger partial charge in [-0.3, -0.25) is 0 Å². The van der Waals surface area contributed by atoms with Crippen LogP contribution in [-0.2, 0) is 13.4 Å². The molecule has 0 aliphatic heterocycles. The molecule has 0 amide bonds. The first-order valence-corrected chi connectivity index (χ1v) is 4.59. The molecule has 64 valence electrons. The predicted octanol–water partition coefficient (Wildman–Crippen LogP) is -3.41. The Kier molecular flexibility index (Phi) is 25.4. The third-order valence-corrected chi connectivity index (χ3v) is 1.91. The minimum atomic E-state index is -5.05. The number of rotatable bonds is 2. The summed E-state index contributed by atoms with van der Waals surface area (Å²) in [5.74, 6) is 0. The quantitative estimate of drug-likeness (QED) is 0.276. The summed E-state index contributed by atoms with van der Waals surface area (Å²) in [6, 6.07) is 0. The average Bonchev–Trinajstić information content (AvgIpc) is 1.14. The Morgan fingerprint density at radius 3 is 0.846 bits per heavy atom. The molecular formula is H8Li4O7P2. The van der Waals surface area contributed by atoms with Crippen molar-refractivity contribution in [2.75, 3.05) is 0 Å². The summed E-state index contributed by atoms with van der Waals surface area (Å²) in [6.07, 6.45) is 0. The molecule has 0 aliphatic rings. The topological polar surface area (TPSA) is 124 Å². The second-order valence-electron chi connectivity index (χ2n) is 1.06. The summed E-state index contributed by atoms with van der Waals surface area (Å²) >= 11 is 0. The summed E-state index contributed by atoms with van der Waals surface area (Å²) in [7, 11) is -10.1. The first kappa shape index (κ1) is 29.6. The van der Waals surface area contributed by atoms with Gasteiger partial charge in [0, 0.05) is 0 Å². The molecule has 0 atom stereocenters. The van der Waals surface area contributed by atoms with Crippen LogP contribution in [-0.4, -0.2) is 95.0 Å². The van der Waals surface area contributed by atoms with E-state index < -0.39 is 15.6 Å². The van der Waals surface area contributed by atoms with Gasteiger partial charge < -0.3 is 19.6 Å². The molecule has 0 heterocycles. The molecule has 0 spiro atoms. The normalized spacial score (nSPS) is 9.54. The Bertz CT molecular complexity index is 159. The second kappa shape index (κ2) is 11.1. The van der Waals surface area contributed by atoms with Crippen LogP contribution < -0.4 is 0 Å². The first-order valence-electron chi connectivity index (χ1n) is 1.53. The molecule has 0 radical (unpaired) electrons. The Hall–Kier alpha value is 2.65. The molecule has 7 nitrogen and oxygen atoms in total. The van der Waals surface area contributed by atoms with Gasteiger partial charge in [-0.1, -0.05) is 0 Å². The van der Waals surface area contributed by atoms with Crippen molar-refractivity contribution >= 4 is 91.1 Å². The van der Waals surface area contributed by atoms with E-state index in [1.807, 2.05) is 0 Å². The standard InChI is InChI=1S/4Li.H4O7P2.4H/c;;;;1-8(2,3)7-9(4,5)6;;;;/h;;;;(H2,1,2,3)(H2,4,5,6);;;;. The van der Waals surface area contributed by atoms with Crippen LogP contribution in [0, 0.1) is 0 Å². The van der Waals surface area contributed by atoms with Crippen molar-refractivity contribution in [2.24, 2.45) is 0 Å². The van der Waals surface area contributed by atoms with Gasteiger partial charge in [-0.2, -0.15) is 4.31 Å². The number of phosphoric acid groups is 2. The zero-order valence-electron chi connectivity index (χ0n) is 3.91. The van der Waals surface area contributed by atoms with E-state index in [9.17, 15) is 9.13 Å². The van der Waals surface area contributed by atoms with Crippen molar-refractivity contribution in [3.63, 3.8) is 0 Å². The molecule has 0 unspecified atom stereocenters. The van der Waals surface area contributed by atoms with Crippen molar-refractivity contribution in [2.45, 2.75) is 0 Å². The second-order valence-corrected chi connectivity index (χ2v) is 3.68. The molecule has 0 aromatic rings. The molecule has 4 N–H and O–H groups in total. The average molecular weight is 210 g/mol. The van der Waals surface area contributed by atoms with E-state index in [1.54, 1.807) is 0 Å². The third kappa shape index (κ3) is 31.3. The minimum absolute atomic E-state index is 0. The van der Waals surface area contributed by atoms with Crippen LogP contribution in [0.2, 0.25) is 0 Å². The van der Waals surface area contributed by atoms with Crippen LogP contribution >= 0.6 is 15.6 Å². The van der Waals surface area contributed by atoms with Gasteiger partial charge >= 0.3 is 91.1 Å².